The lowest BCUT2D eigenvalue weighted by Gasteiger charge is -2.00. The quantitative estimate of drug-likeness (QED) is 0.783. The van der Waals surface area contributed by atoms with E-state index in [-0.39, 0.29) is 0 Å². The number of benzene rings is 1. The van der Waals surface area contributed by atoms with Crippen LogP contribution in [-0.4, -0.2) is 10.1 Å². The van der Waals surface area contributed by atoms with E-state index in [1.807, 2.05) is 6.92 Å². The van der Waals surface area contributed by atoms with Crippen LogP contribution in [0.5, 0.6) is 0 Å². The van der Waals surface area contributed by atoms with Crippen molar-refractivity contribution >= 4 is 11.6 Å². The standard InChI is InChI=1S/C9H7ClN2O2/c1-5-4-6(10)2-3-7(5)8-11-9(13)14-12-8/h2-4H,1H3,(H,11,12,13). The van der Waals surface area contributed by atoms with Gasteiger partial charge in [-0.05, 0) is 30.7 Å². The van der Waals surface area contributed by atoms with Gasteiger partial charge < -0.3 is 0 Å². The molecule has 1 heterocycles. The monoisotopic (exact) mass is 210 g/mol. The molecule has 0 saturated heterocycles. The first-order valence-electron chi connectivity index (χ1n) is 3.99. The second-order valence-corrected chi connectivity index (χ2v) is 3.34. The molecule has 0 saturated carbocycles. The molecular formula is C9H7ClN2O2. The maximum atomic E-state index is 10.7. The highest BCUT2D eigenvalue weighted by molar-refractivity contribution is 6.30. The molecule has 1 aromatic carbocycles. The number of hydrogen-bond acceptors (Lipinski definition) is 3. The van der Waals surface area contributed by atoms with Gasteiger partial charge in [0.1, 0.15) is 0 Å². The fraction of sp³-hybridized carbons (Fsp3) is 0.111. The number of aryl methyl sites for hydroxylation is 1. The van der Waals surface area contributed by atoms with E-state index in [0.717, 1.165) is 11.1 Å². The van der Waals surface area contributed by atoms with Crippen LogP contribution in [0.15, 0.2) is 27.5 Å². The van der Waals surface area contributed by atoms with Gasteiger partial charge in [-0.15, -0.1) is 0 Å². The van der Waals surface area contributed by atoms with Crippen LogP contribution < -0.4 is 5.76 Å². The maximum absolute atomic E-state index is 10.7. The Morgan fingerprint density at radius 2 is 2.29 bits per heavy atom. The molecule has 72 valence electrons. The zero-order valence-corrected chi connectivity index (χ0v) is 8.13. The molecule has 0 spiro atoms. The molecule has 4 nitrogen and oxygen atoms in total. The van der Waals surface area contributed by atoms with Gasteiger partial charge in [-0.3, -0.25) is 9.51 Å². The maximum Gasteiger partial charge on any atom is 0.439 e. The summed E-state index contributed by atoms with van der Waals surface area (Å²) in [5.74, 6) is -0.140. The first kappa shape index (κ1) is 9.02. The predicted octanol–water partition coefficient (Wildman–Crippen LogP) is 1.99. The number of nitrogens with zero attached hydrogens (tertiary/aromatic N) is 1. The van der Waals surface area contributed by atoms with Crippen molar-refractivity contribution in [1.82, 2.24) is 10.1 Å². The highest BCUT2D eigenvalue weighted by Gasteiger charge is 2.06. The van der Waals surface area contributed by atoms with Gasteiger partial charge in [0.2, 0.25) is 0 Å². The topological polar surface area (TPSA) is 58.9 Å². The van der Waals surface area contributed by atoms with E-state index in [9.17, 15) is 4.79 Å². The van der Waals surface area contributed by atoms with Crippen molar-refractivity contribution in [2.45, 2.75) is 6.92 Å². The van der Waals surface area contributed by atoms with E-state index in [1.165, 1.54) is 0 Å². The van der Waals surface area contributed by atoms with Gasteiger partial charge in [-0.2, -0.15) is 0 Å². The summed E-state index contributed by atoms with van der Waals surface area (Å²) in [5, 5.41) is 4.24. The Balaban J connectivity index is 2.57. The van der Waals surface area contributed by atoms with Crippen molar-refractivity contribution in [1.29, 1.82) is 0 Å². The summed E-state index contributed by atoms with van der Waals surface area (Å²) in [6.07, 6.45) is 0. The fourth-order valence-corrected chi connectivity index (χ4v) is 1.47. The van der Waals surface area contributed by atoms with Gasteiger partial charge >= 0.3 is 5.76 Å². The number of hydrogen-bond donors (Lipinski definition) is 1. The van der Waals surface area contributed by atoms with Crippen LogP contribution in [0, 0.1) is 6.92 Å². The van der Waals surface area contributed by atoms with Crippen LogP contribution in [0.1, 0.15) is 5.56 Å². The van der Waals surface area contributed by atoms with Gasteiger partial charge in [0.15, 0.2) is 5.82 Å². The lowest BCUT2D eigenvalue weighted by atomic mass is 10.1. The molecule has 5 heteroatoms. The lowest BCUT2D eigenvalue weighted by molar-refractivity contribution is 0.388. The molecule has 0 radical (unpaired) electrons. The Morgan fingerprint density at radius 3 is 2.86 bits per heavy atom. The van der Waals surface area contributed by atoms with Gasteiger partial charge in [-0.1, -0.05) is 16.8 Å². The molecule has 0 unspecified atom stereocenters. The van der Waals surface area contributed by atoms with Crippen molar-refractivity contribution in [2.75, 3.05) is 0 Å². The number of rotatable bonds is 1. The van der Waals surface area contributed by atoms with Crippen LogP contribution in [0.2, 0.25) is 5.02 Å². The number of H-pyrrole nitrogens is 1. The highest BCUT2D eigenvalue weighted by atomic mass is 35.5. The van der Waals surface area contributed by atoms with E-state index in [4.69, 9.17) is 11.6 Å². The zero-order chi connectivity index (χ0) is 10.1. The largest absolute Gasteiger partial charge is 0.439 e. The van der Waals surface area contributed by atoms with Crippen molar-refractivity contribution < 1.29 is 4.52 Å². The minimum Gasteiger partial charge on any atom is -0.296 e. The first-order chi connectivity index (χ1) is 6.66. The van der Waals surface area contributed by atoms with Crippen LogP contribution in [0.3, 0.4) is 0 Å². The number of halogens is 1. The van der Waals surface area contributed by atoms with Gasteiger partial charge in [-0.25, -0.2) is 4.79 Å². The average molecular weight is 211 g/mol. The number of nitrogens with one attached hydrogen (secondary N) is 1. The Bertz CT molecular complexity index is 516. The third-order valence-corrected chi connectivity index (χ3v) is 2.12. The molecule has 0 bridgehead atoms. The van der Waals surface area contributed by atoms with Gasteiger partial charge in [0, 0.05) is 10.6 Å². The number of aromatic amines is 1. The highest BCUT2D eigenvalue weighted by Crippen LogP contribution is 2.21. The van der Waals surface area contributed by atoms with E-state index < -0.39 is 5.76 Å². The van der Waals surface area contributed by atoms with E-state index in [1.54, 1.807) is 18.2 Å². The van der Waals surface area contributed by atoms with E-state index in [0.29, 0.717) is 10.8 Å². The zero-order valence-electron chi connectivity index (χ0n) is 7.37. The van der Waals surface area contributed by atoms with Crippen molar-refractivity contribution in [3.63, 3.8) is 0 Å². The summed E-state index contributed by atoms with van der Waals surface area (Å²) in [6, 6.07) is 5.31. The molecule has 0 atom stereocenters. The van der Waals surface area contributed by atoms with Crippen molar-refractivity contribution in [2.24, 2.45) is 0 Å². The SMILES string of the molecule is Cc1cc(Cl)ccc1-c1noc(=O)[nH]1. The molecule has 1 aromatic heterocycles. The predicted molar refractivity (Wildman–Crippen MR) is 52.3 cm³/mol. The Labute approximate surface area is 84.5 Å². The summed E-state index contributed by atoms with van der Waals surface area (Å²) < 4.78 is 4.41. The molecule has 0 aliphatic carbocycles. The van der Waals surface area contributed by atoms with Crippen molar-refractivity contribution in [3.05, 3.63) is 39.3 Å². The molecular weight excluding hydrogens is 204 g/mol. The molecule has 14 heavy (non-hydrogen) atoms. The Kier molecular flexibility index (Phi) is 2.13. The summed E-state index contributed by atoms with van der Waals surface area (Å²) in [5.41, 5.74) is 1.74. The second kappa shape index (κ2) is 3.31. The van der Waals surface area contributed by atoms with Crippen molar-refractivity contribution in [3.8, 4) is 11.4 Å². The lowest BCUT2D eigenvalue weighted by Crippen LogP contribution is -1.95. The normalized spacial score (nSPS) is 10.4. The molecule has 0 amide bonds. The van der Waals surface area contributed by atoms with E-state index >= 15 is 0 Å². The fourth-order valence-electron chi connectivity index (χ4n) is 1.24. The smallest absolute Gasteiger partial charge is 0.296 e. The third kappa shape index (κ3) is 1.56. The molecule has 0 aliphatic heterocycles. The second-order valence-electron chi connectivity index (χ2n) is 2.90. The average Bonchev–Trinajstić information content (AvgIpc) is 2.51. The summed E-state index contributed by atoms with van der Waals surface area (Å²) in [4.78, 5) is 13.2. The molecule has 2 aromatic rings. The Hall–Kier alpha value is -1.55. The van der Waals surface area contributed by atoms with Crippen LogP contribution >= 0.6 is 11.6 Å². The minimum atomic E-state index is -0.561. The first-order valence-corrected chi connectivity index (χ1v) is 4.37. The van der Waals surface area contributed by atoms with Crippen LogP contribution in [-0.2, 0) is 0 Å². The molecule has 0 fully saturated rings. The number of aromatic nitrogens is 2. The molecule has 1 N–H and O–H groups in total. The third-order valence-electron chi connectivity index (χ3n) is 1.88. The molecule has 0 aliphatic rings. The summed E-state index contributed by atoms with van der Waals surface area (Å²) in [7, 11) is 0. The Morgan fingerprint density at radius 1 is 1.50 bits per heavy atom. The van der Waals surface area contributed by atoms with Gasteiger partial charge in [0.25, 0.3) is 0 Å². The summed E-state index contributed by atoms with van der Waals surface area (Å²) >= 11 is 5.79. The van der Waals surface area contributed by atoms with Crippen LogP contribution in [0.25, 0.3) is 11.4 Å². The minimum absolute atomic E-state index is 0.421. The summed E-state index contributed by atoms with van der Waals surface area (Å²) in [6.45, 7) is 1.88. The van der Waals surface area contributed by atoms with Crippen LogP contribution in [0.4, 0.5) is 0 Å². The van der Waals surface area contributed by atoms with E-state index in [2.05, 4.69) is 14.7 Å². The molecule has 2 rings (SSSR count). The van der Waals surface area contributed by atoms with Gasteiger partial charge in [0.05, 0.1) is 0 Å².